The quantitative estimate of drug-likeness (QED) is 0.806. The summed E-state index contributed by atoms with van der Waals surface area (Å²) < 4.78 is 14.0. The van der Waals surface area contributed by atoms with Crippen molar-refractivity contribution in [3.8, 4) is 0 Å². The average Bonchev–Trinajstić information content (AvgIpc) is 2.34. The molecule has 0 aliphatic carbocycles. The molecule has 2 unspecified atom stereocenters. The second kappa shape index (κ2) is 6.79. The number of rotatable bonds is 5. The van der Waals surface area contributed by atoms with Gasteiger partial charge in [-0.2, -0.15) is 0 Å². The molecule has 2 atom stereocenters. The Morgan fingerprint density at radius 1 is 1.32 bits per heavy atom. The van der Waals surface area contributed by atoms with Gasteiger partial charge in [-0.1, -0.05) is 23.9 Å². The molecule has 19 heavy (non-hydrogen) atoms. The number of thioether (sulfide) groups is 1. The Labute approximate surface area is 114 Å². The third-order valence-electron chi connectivity index (χ3n) is 2.55. The highest BCUT2D eigenvalue weighted by molar-refractivity contribution is 8.13. The van der Waals surface area contributed by atoms with Gasteiger partial charge in [-0.15, -0.1) is 0 Å². The number of hydrogen-bond acceptors (Lipinski definition) is 5. The molecule has 1 rings (SSSR count). The molecular weight excluding hydrogens is 271 g/mol. The summed E-state index contributed by atoms with van der Waals surface area (Å²) in [5.74, 6) is -1.34. The molecule has 104 valence electrons. The smallest absolute Gasteiger partial charge is 0.185 e. The zero-order valence-electron chi connectivity index (χ0n) is 10.6. The first kappa shape index (κ1) is 15.8. The first-order valence-corrected chi connectivity index (χ1v) is 6.62. The summed E-state index contributed by atoms with van der Waals surface area (Å²) in [5.41, 5.74) is -0.285. The van der Waals surface area contributed by atoms with Crippen molar-refractivity contribution >= 4 is 22.7 Å². The number of aliphatic hydroxyl groups is 2. The molecule has 0 radical (unpaired) electrons. The lowest BCUT2D eigenvalue weighted by Gasteiger charge is -2.18. The van der Waals surface area contributed by atoms with Crippen molar-refractivity contribution < 1.29 is 24.2 Å². The zero-order valence-corrected chi connectivity index (χ0v) is 11.4. The van der Waals surface area contributed by atoms with Crippen LogP contribution in [0.1, 0.15) is 35.9 Å². The molecule has 0 aromatic heterocycles. The fourth-order valence-electron chi connectivity index (χ4n) is 1.55. The van der Waals surface area contributed by atoms with E-state index in [1.54, 1.807) is 0 Å². The number of benzene rings is 1. The Morgan fingerprint density at radius 2 is 1.95 bits per heavy atom. The van der Waals surface area contributed by atoms with E-state index >= 15 is 0 Å². The third kappa shape index (κ3) is 4.12. The maximum atomic E-state index is 14.0. The molecule has 0 fully saturated rings. The fourth-order valence-corrected chi connectivity index (χ4v) is 2.14. The molecule has 2 N–H and O–H groups in total. The largest absolute Gasteiger partial charge is 0.389 e. The molecule has 0 spiro atoms. The molecule has 6 heteroatoms. The van der Waals surface area contributed by atoms with Crippen LogP contribution in [-0.2, 0) is 4.79 Å². The van der Waals surface area contributed by atoms with E-state index in [0.717, 1.165) is 11.8 Å². The van der Waals surface area contributed by atoms with E-state index in [4.69, 9.17) is 0 Å². The third-order valence-corrected chi connectivity index (χ3v) is 3.46. The number of ketones is 1. The van der Waals surface area contributed by atoms with Gasteiger partial charge in [0.2, 0.25) is 0 Å². The second-order valence-electron chi connectivity index (χ2n) is 4.08. The van der Waals surface area contributed by atoms with Crippen molar-refractivity contribution in [1.29, 1.82) is 0 Å². The summed E-state index contributed by atoms with van der Waals surface area (Å²) in [6.45, 7) is 2.55. The first-order chi connectivity index (χ1) is 8.84. The van der Waals surface area contributed by atoms with E-state index in [-0.39, 0.29) is 22.0 Å². The molecule has 0 saturated carbocycles. The second-order valence-corrected chi connectivity index (χ2v) is 5.28. The fraction of sp³-hybridized carbons (Fsp3) is 0.385. The minimum absolute atomic E-state index is 0.0414. The van der Waals surface area contributed by atoms with Gasteiger partial charge in [0.25, 0.3) is 0 Å². The normalized spacial score (nSPS) is 13.9. The van der Waals surface area contributed by atoms with Gasteiger partial charge in [0.05, 0.1) is 11.7 Å². The van der Waals surface area contributed by atoms with Gasteiger partial charge in [0.15, 0.2) is 10.9 Å². The average molecular weight is 286 g/mol. The van der Waals surface area contributed by atoms with Crippen LogP contribution in [0.3, 0.4) is 0 Å². The summed E-state index contributed by atoms with van der Waals surface area (Å²) >= 11 is 0.840. The first-order valence-electron chi connectivity index (χ1n) is 5.63. The Hall–Kier alpha value is -1.24. The van der Waals surface area contributed by atoms with Crippen LogP contribution in [0.2, 0.25) is 0 Å². The Balaban J connectivity index is 2.93. The van der Waals surface area contributed by atoms with E-state index in [1.165, 1.54) is 32.0 Å². The minimum Gasteiger partial charge on any atom is -0.389 e. The van der Waals surface area contributed by atoms with Crippen LogP contribution in [0.15, 0.2) is 18.2 Å². The van der Waals surface area contributed by atoms with E-state index in [0.29, 0.717) is 0 Å². The van der Waals surface area contributed by atoms with Gasteiger partial charge in [0, 0.05) is 18.2 Å². The SMILES string of the molecule is CC(=O)SCC(O)C(O)c1cccc(C(C)=O)c1F. The van der Waals surface area contributed by atoms with Crippen LogP contribution in [0.5, 0.6) is 0 Å². The van der Waals surface area contributed by atoms with Crippen LogP contribution in [-0.4, -0.2) is 33.0 Å². The van der Waals surface area contributed by atoms with Crippen LogP contribution in [0, 0.1) is 5.82 Å². The Kier molecular flexibility index (Phi) is 5.65. The molecule has 1 aromatic carbocycles. The maximum Gasteiger partial charge on any atom is 0.185 e. The van der Waals surface area contributed by atoms with Gasteiger partial charge < -0.3 is 10.2 Å². The van der Waals surface area contributed by atoms with Gasteiger partial charge in [-0.05, 0) is 13.0 Å². The number of hydrogen-bond donors (Lipinski definition) is 2. The number of carbonyl (C=O) groups is 2. The molecule has 0 bridgehead atoms. The van der Waals surface area contributed by atoms with Crippen molar-refractivity contribution in [3.05, 3.63) is 35.1 Å². The minimum atomic E-state index is -1.48. The predicted octanol–water partition coefficient (Wildman–Crippen LogP) is 1.70. The highest BCUT2D eigenvalue weighted by Gasteiger charge is 2.24. The highest BCUT2D eigenvalue weighted by Crippen LogP contribution is 2.24. The van der Waals surface area contributed by atoms with Crippen LogP contribution >= 0.6 is 11.8 Å². The van der Waals surface area contributed by atoms with E-state index in [1.807, 2.05) is 0 Å². The lowest BCUT2D eigenvalue weighted by Crippen LogP contribution is -2.23. The highest BCUT2D eigenvalue weighted by atomic mass is 32.2. The predicted molar refractivity (Wildman–Crippen MR) is 70.5 cm³/mol. The summed E-state index contributed by atoms with van der Waals surface area (Å²) in [6, 6.07) is 4.04. The summed E-state index contributed by atoms with van der Waals surface area (Å²) in [6.07, 6.45) is -2.77. The zero-order chi connectivity index (χ0) is 14.6. The molecule has 0 saturated heterocycles. The van der Waals surface area contributed by atoms with Crippen molar-refractivity contribution in [3.63, 3.8) is 0 Å². The van der Waals surface area contributed by atoms with E-state index in [9.17, 15) is 24.2 Å². The van der Waals surface area contributed by atoms with Gasteiger partial charge >= 0.3 is 0 Å². The maximum absolute atomic E-state index is 14.0. The van der Waals surface area contributed by atoms with Crippen molar-refractivity contribution in [2.24, 2.45) is 0 Å². The number of aliphatic hydroxyl groups excluding tert-OH is 2. The number of halogens is 1. The van der Waals surface area contributed by atoms with E-state index < -0.39 is 23.8 Å². The lowest BCUT2D eigenvalue weighted by molar-refractivity contribution is -0.109. The molecule has 4 nitrogen and oxygen atoms in total. The Bertz CT molecular complexity index is 490. The Morgan fingerprint density at radius 3 is 2.47 bits per heavy atom. The molecule has 0 aliphatic heterocycles. The molecule has 0 heterocycles. The van der Waals surface area contributed by atoms with Crippen molar-refractivity contribution in [2.75, 3.05) is 5.75 Å². The molecular formula is C13H15FO4S. The van der Waals surface area contributed by atoms with Crippen molar-refractivity contribution in [1.82, 2.24) is 0 Å². The number of Topliss-reactive ketones (excluding diaryl/α,β-unsaturated/α-hetero) is 1. The monoisotopic (exact) mass is 286 g/mol. The summed E-state index contributed by atoms with van der Waals surface area (Å²) in [5, 5.41) is 19.4. The molecule has 1 aromatic rings. The molecule has 0 aliphatic rings. The molecule has 0 amide bonds. The van der Waals surface area contributed by atoms with Crippen LogP contribution in [0.4, 0.5) is 4.39 Å². The standard InChI is InChI=1S/C13H15FO4S/c1-7(15)9-4-3-5-10(12(9)14)13(18)11(17)6-19-8(2)16/h3-5,11,13,17-18H,6H2,1-2H3. The topological polar surface area (TPSA) is 74.6 Å². The summed E-state index contributed by atoms with van der Waals surface area (Å²) in [4.78, 5) is 22.0. The summed E-state index contributed by atoms with van der Waals surface area (Å²) in [7, 11) is 0. The van der Waals surface area contributed by atoms with Crippen LogP contribution in [0.25, 0.3) is 0 Å². The lowest BCUT2D eigenvalue weighted by atomic mass is 10.00. The van der Waals surface area contributed by atoms with Crippen LogP contribution < -0.4 is 0 Å². The van der Waals surface area contributed by atoms with Gasteiger partial charge in [-0.25, -0.2) is 4.39 Å². The van der Waals surface area contributed by atoms with Crippen molar-refractivity contribution in [2.45, 2.75) is 26.1 Å². The van der Waals surface area contributed by atoms with Gasteiger partial charge in [-0.3, -0.25) is 9.59 Å². The number of carbonyl (C=O) groups excluding carboxylic acids is 2. The van der Waals surface area contributed by atoms with E-state index in [2.05, 4.69) is 0 Å². The van der Waals surface area contributed by atoms with Gasteiger partial charge in [0.1, 0.15) is 11.9 Å².